The van der Waals surface area contributed by atoms with E-state index < -0.39 is 0 Å². The van der Waals surface area contributed by atoms with E-state index in [4.69, 9.17) is 11.0 Å². The molecule has 0 saturated heterocycles. The van der Waals surface area contributed by atoms with E-state index in [9.17, 15) is 0 Å². The lowest BCUT2D eigenvalue weighted by Gasteiger charge is -2.15. The molecule has 8 heteroatoms. The van der Waals surface area contributed by atoms with Crippen LogP contribution in [0, 0.1) is 11.3 Å². The van der Waals surface area contributed by atoms with Gasteiger partial charge < -0.3 is 10.6 Å². The highest BCUT2D eigenvalue weighted by molar-refractivity contribution is 5.37. The number of nitriles is 1. The largest absolute Gasteiger partial charge is 0.368 e. The topological polar surface area (TPSA) is 110 Å². The summed E-state index contributed by atoms with van der Waals surface area (Å²) in [6, 6.07) is 2.07. The molecule has 2 heterocycles. The van der Waals surface area contributed by atoms with Crippen LogP contribution in [0.15, 0.2) is 18.7 Å². The van der Waals surface area contributed by atoms with E-state index in [1.54, 1.807) is 35.2 Å². The minimum atomic E-state index is 0.132. The SMILES string of the molecule is CN(CCC#N)c1nc(N)nc(-n2ccnc2)n1. The van der Waals surface area contributed by atoms with Gasteiger partial charge in [-0.3, -0.25) is 4.57 Å². The molecule has 0 saturated carbocycles. The lowest BCUT2D eigenvalue weighted by molar-refractivity contribution is 0.824. The number of nitrogens with zero attached hydrogens (tertiary/aromatic N) is 7. The fourth-order valence-electron chi connectivity index (χ4n) is 1.35. The molecule has 0 aliphatic carbocycles. The number of rotatable bonds is 4. The Balaban J connectivity index is 2.30. The van der Waals surface area contributed by atoms with Crippen molar-refractivity contribution in [3.05, 3.63) is 18.7 Å². The van der Waals surface area contributed by atoms with Gasteiger partial charge in [-0.15, -0.1) is 0 Å². The molecule has 18 heavy (non-hydrogen) atoms. The van der Waals surface area contributed by atoms with Gasteiger partial charge in [0, 0.05) is 26.0 Å². The molecule has 0 aliphatic heterocycles. The van der Waals surface area contributed by atoms with E-state index in [0.717, 1.165) is 0 Å². The zero-order chi connectivity index (χ0) is 13.0. The van der Waals surface area contributed by atoms with Crippen molar-refractivity contribution in [2.24, 2.45) is 0 Å². The summed E-state index contributed by atoms with van der Waals surface area (Å²) in [4.78, 5) is 18.0. The molecule has 0 bridgehead atoms. The van der Waals surface area contributed by atoms with Crippen LogP contribution < -0.4 is 10.6 Å². The zero-order valence-electron chi connectivity index (χ0n) is 9.85. The Morgan fingerprint density at radius 1 is 1.44 bits per heavy atom. The third kappa shape index (κ3) is 2.52. The van der Waals surface area contributed by atoms with Gasteiger partial charge in [-0.25, -0.2) is 4.98 Å². The summed E-state index contributed by atoms with van der Waals surface area (Å²) in [5, 5.41) is 8.55. The summed E-state index contributed by atoms with van der Waals surface area (Å²) in [5.74, 6) is 0.966. The first-order chi connectivity index (χ1) is 8.70. The number of nitrogens with two attached hydrogens (primary N) is 1. The fraction of sp³-hybridized carbons (Fsp3) is 0.300. The maximum Gasteiger partial charge on any atom is 0.241 e. The molecule has 0 amide bonds. The number of hydrogen-bond donors (Lipinski definition) is 1. The van der Waals surface area contributed by atoms with Crippen molar-refractivity contribution in [3.8, 4) is 12.0 Å². The molecule has 2 aromatic rings. The molecule has 8 nitrogen and oxygen atoms in total. The van der Waals surface area contributed by atoms with Gasteiger partial charge in [0.15, 0.2) is 0 Å². The van der Waals surface area contributed by atoms with Gasteiger partial charge in [-0.05, 0) is 0 Å². The lowest BCUT2D eigenvalue weighted by atomic mass is 10.4. The van der Waals surface area contributed by atoms with Crippen LogP contribution in [0.3, 0.4) is 0 Å². The van der Waals surface area contributed by atoms with Crippen molar-refractivity contribution in [2.45, 2.75) is 6.42 Å². The standard InChI is InChI=1S/C10H12N8/c1-17(5-2-3-11)9-14-8(12)15-10(16-9)18-6-4-13-7-18/h4,6-7H,2,5H2,1H3,(H2,12,14,15,16). The Labute approximate surface area is 104 Å². The van der Waals surface area contributed by atoms with E-state index >= 15 is 0 Å². The Morgan fingerprint density at radius 3 is 2.94 bits per heavy atom. The molecule has 0 radical (unpaired) electrons. The van der Waals surface area contributed by atoms with Gasteiger partial charge in [0.05, 0.1) is 12.5 Å². The molecule has 0 aromatic carbocycles. The molecule has 2 N–H and O–H groups in total. The average Bonchev–Trinajstić information content (AvgIpc) is 2.89. The summed E-state index contributed by atoms with van der Waals surface area (Å²) in [7, 11) is 1.80. The van der Waals surface area contributed by atoms with Crippen molar-refractivity contribution in [3.63, 3.8) is 0 Å². The van der Waals surface area contributed by atoms with Crippen LogP contribution in [0.1, 0.15) is 6.42 Å². The normalized spacial score (nSPS) is 10.0. The number of aromatic nitrogens is 5. The van der Waals surface area contributed by atoms with Crippen LogP contribution >= 0.6 is 0 Å². The van der Waals surface area contributed by atoms with Crippen LogP contribution in [0.25, 0.3) is 5.95 Å². The smallest absolute Gasteiger partial charge is 0.241 e. The Hall–Kier alpha value is -2.69. The van der Waals surface area contributed by atoms with Crippen LogP contribution in [0.5, 0.6) is 0 Å². The summed E-state index contributed by atoms with van der Waals surface area (Å²) in [6.45, 7) is 0.531. The van der Waals surface area contributed by atoms with Gasteiger partial charge in [0.1, 0.15) is 6.33 Å². The van der Waals surface area contributed by atoms with E-state index in [0.29, 0.717) is 24.9 Å². The molecule has 0 spiro atoms. The molecule has 92 valence electrons. The second-order valence-corrected chi connectivity index (χ2v) is 3.59. The summed E-state index contributed by atoms with van der Waals surface area (Å²) in [5.41, 5.74) is 5.64. The minimum absolute atomic E-state index is 0.132. The maximum absolute atomic E-state index is 8.55. The number of anilines is 2. The molecule has 0 atom stereocenters. The monoisotopic (exact) mass is 244 g/mol. The third-order valence-electron chi connectivity index (χ3n) is 2.26. The van der Waals surface area contributed by atoms with Crippen LogP contribution in [-0.2, 0) is 0 Å². The number of nitrogen functional groups attached to an aromatic ring is 1. The highest BCUT2D eigenvalue weighted by Crippen LogP contribution is 2.10. The predicted octanol–water partition coefficient (Wildman–Crippen LogP) is -0.0106. The average molecular weight is 244 g/mol. The molecular weight excluding hydrogens is 232 g/mol. The summed E-state index contributed by atoms with van der Waals surface area (Å²) >= 11 is 0. The van der Waals surface area contributed by atoms with Gasteiger partial charge in [-0.2, -0.15) is 20.2 Å². The molecule has 2 aromatic heterocycles. The van der Waals surface area contributed by atoms with Crippen LogP contribution in [-0.4, -0.2) is 38.1 Å². The maximum atomic E-state index is 8.55. The zero-order valence-corrected chi connectivity index (χ0v) is 9.85. The van der Waals surface area contributed by atoms with Gasteiger partial charge in [-0.1, -0.05) is 0 Å². The first kappa shape index (κ1) is 11.8. The van der Waals surface area contributed by atoms with Gasteiger partial charge in [0.2, 0.25) is 17.8 Å². The van der Waals surface area contributed by atoms with Crippen molar-refractivity contribution >= 4 is 11.9 Å². The van der Waals surface area contributed by atoms with Crippen molar-refractivity contribution < 1.29 is 0 Å². The molecule has 0 fully saturated rings. The molecular formula is C10H12N8. The minimum Gasteiger partial charge on any atom is -0.368 e. The lowest BCUT2D eigenvalue weighted by Crippen LogP contribution is -2.22. The number of hydrogen-bond acceptors (Lipinski definition) is 7. The highest BCUT2D eigenvalue weighted by Gasteiger charge is 2.09. The predicted molar refractivity (Wildman–Crippen MR) is 64.9 cm³/mol. The van der Waals surface area contributed by atoms with E-state index in [1.165, 1.54) is 0 Å². The first-order valence-electron chi connectivity index (χ1n) is 5.28. The molecule has 0 unspecified atom stereocenters. The first-order valence-corrected chi connectivity index (χ1v) is 5.28. The third-order valence-corrected chi connectivity index (χ3v) is 2.26. The van der Waals surface area contributed by atoms with Gasteiger partial charge >= 0.3 is 0 Å². The van der Waals surface area contributed by atoms with E-state index in [1.807, 2.05) is 0 Å². The van der Waals surface area contributed by atoms with E-state index in [-0.39, 0.29) is 5.95 Å². The van der Waals surface area contributed by atoms with Crippen LogP contribution in [0.4, 0.5) is 11.9 Å². The Morgan fingerprint density at radius 2 is 2.28 bits per heavy atom. The highest BCUT2D eigenvalue weighted by atomic mass is 15.3. The van der Waals surface area contributed by atoms with Gasteiger partial charge in [0.25, 0.3) is 0 Å². The van der Waals surface area contributed by atoms with Crippen molar-refractivity contribution in [1.29, 1.82) is 5.26 Å². The molecule has 0 aliphatic rings. The van der Waals surface area contributed by atoms with Crippen LogP contribution in [0.2, 0.25) is 0 Å². The fourth-order valence-corrected chi connectivity index (χ4v) is 1.35. The quantitative estimate of drug-likeness (QED) is 0.805. The number of imidazole rings is 1. The summed E-state index contributed by atoms with van der Waals surface area (Å²) < 4.78 is 1.64. The Kier molecular flexibility index (Phi) is 3.33. The summed E-state index contributed by atoms with van der Waals surface area (Å²) in [6.07, 6.45) is 5.31. The Bertz CT molecular complexity index is 556. The van der Waals surface area contributed by atoms with Crippen molar-refractivity contribution in [1.82, 2.24) is 24.5 Å². The molecule has 2 rings (SSSR count). The second-order valence-electron chi connectivity index (χ2n) is 3.59. The van der Waals surface area contributed by atoms with E-state index in [2.05, 4.69) is 26.0 Å². The second kappa shape index (κ2) is 5.09. The van der Waals surface area contributed by atoms with Crippen molar-refractivity contribution in [2.75, 3.05) is 24.2 Å².